The first kappa shape index (κ1) is 26.0. The van der Waals surface area contributed by atoms with E-state index in [1.807, 2.05) is 24.4 Å². The highest BCUT2D eigenvalue weighted by Gasteiger charge is 2.16. The lowest BCUT2D eigenvalue weighted by molar-refractivity contribution is 0.305. The van der Waals surface area contributed by atoms with E-state index in [0.717, 1.165) is 109 Å². The maximum atomic E-state index is 5.90. The van der Waals surface area contributed by atoms with Crippen molar-refractivity contribution >= 4 is 27.8 Å². The third kappa shape index (κ3) is 5.67. The molecule has 1 aliphatic heterocycles. The number of benzene rings is 3. The van der Waals surface area contributed by atoms with Crippen LogP contribution in [0.5, 0.6) is 5.75 Å². The molecule has 3 heterocycles. The SMILES string of the molecule is C=CN1CCN(c2ccc3nc(-c4ccc5nc(-c6ccc(OCCCCCCN)cc6)[nH]c5c4)[nH]c3c2)CC1. The lowest BCUT2D eigenvalue weighted by Gasteiger charge is -2.35. The predicted octanol–water partition coefficient (Wildman–Crippen LogP) is 5.94. The first-order chi connectivity index (χ1) is 19.7. The van der Waals surface area contributed by atoms with Crippen LogP contribution in [-0.4, -0.2) is 64.2 Å². The van der Waals surface area contributed by atoms with Crippen LogP contribution in [0.3, 0.4) is 0 Å². The third-order valence-electron chi connectivity index (χ3n) is 7.65. The molecule has 0 spiro atoms. The number of nitrogens with two attached hydrogens (primary N) is 1. The number of anilines is 1. The van der Waals surface area contributed by atoms with Gasteiger partial charge in [-0.25, -0.2) is 9.97 Å². The summed E-state index contributed by atoms with van der Waals surface area (Å²) in [7, 11) is 0. The van der Waals surface area contributed by atoms with Crippen molar-refractivity contribution in [1.29, 1.82) is 0 Å². The van der Waals surface area contributed by atoms with Crippen LogP contribution in [0.2, 0.25) is 0 Å². The van der Waals surface area contributed by atoms with Gasteiger partial charge in [-0.1, -0.05) is 19.4 Å². The van der Waals surface area contributed by atoms with Gasteiger partial charge in [0.2, 0.25) is 0 Å². The van der Waals surface area contributed by atoms with E-state index in [9.17, 15) is 0 Å². The molecule has 0 bridgehead atoms. The summed E-state index contributed by atoms with van der Waals surface area (Å²) in [5.41, 5.74) is 12.7. The Morgan fingerprint density at radius 3 is 2.15 bits per heavy atom. The fourth-order valence-electron chi connectivity index (χ4n) is 5.29. The molecule has 0 radical (unpaired) electrons. The maximum absolute atomic E-state index is 5.90. The Morgan fingerprint density at radius 2 is 1.43 bits per heavy atom. The van der Waals surface area contributed by atoms with E-state index in [4.69, 9.17) is 20.4 Å². The molecule has 5 aromatic rings. The molecule has 6 rings (SSSR count). The average Bonchev–Trinajstić information content (AvgIpc) is 3.63. The van der Waals surface area contributed by atoms with E-state index in [1.165, 1.54) is 12.1 Å². The highest BCUT2D eigenvalue weighted by molar-refractivity contribution is 5.87. The number of fused-ring (bicyclic) bond motifs is 2. The van der Waals surface area contributed by atoms with Crippen LogP contribution >= 0.6 is 0 Å². The van der Waals surface area contributed by atoms with E-state index in [2.05, 4.69) is 68.8 Å². The molecule has 1 fully saturated rings. The zero-order chi connectivity index (χ0) is 27.3. The van der Waals surface area contributed by atoms with Gasteiger partial charge < -0.3 is 30.2 Å². The van der Waals surface area contributed by atoms with Crippen molar-refractivity contribution < 1.29 is 4.74 Å². The number of hydrogen-bond donors (Lipinski definition) is 3. The second kappa shape index (κ2) is 11.8. The summed E-state index contributed by atoms with van der Waals surface area (Å²) in [5.74, 6) is 2.57. The molecule has 4 N–H and O–H groups in total. The number of nitrogens with one attached hydrogen (secondary N) is 2. The number of hydrogen-bond acceptors (Lipinski definition) is 6. The minimum atomic E-state index is 0.729. The molecule has 8 heteroatoms. The van der Waals surface area contributed by atoms with Crippen molar-refractivity contribution in [2.45, 2.75) is 25.7 Å². The van der Waals surface area contributed by atoms with E-state index < -0.39 is 0 Å². The number of aromatic nitrogens is 4. The molecule has 1 saturated heterocycles. The smallest absolute Gasteiger partial charge is 0.138 e. The molecule has 0 saturated carbocycles. The highest BCUT2D eigenvalue weighted by atomic mass is 16.5. The molecule has 206 valence electrons. The van der Waals surface area contributed by atoms with Crippen LogP contribution in [0.25, 0.3) is 44.8 Å². The van der Waals surface area contributed by atoms with Gasteiger partial charge in [0, 0.05) is 43.0 Å². The number of ether oxygens (including phenoxy) is 1. The van der Waals surface area contributed by atoms with Gasteiger partial charge in [-0.3, -0.25) is 0 Å². The molecular formula is C32H37N7O. The zero-order valence-corrected chi connectivity index (χ0v) is 22.9. The third-order valence-corrected chi connectivity index (χ3v) is 7.65. The molecule has 3 aromatic carbocycles. The molecule has 1 aliphatic rings. The van der Waals surface area contributed by atoms with E-state index in [0.29, 0.717) is 0 Å². The van der Waals surface area contributed by atoms with Gasteiger partial charge in [-0.2, -0.15) is 0 Å². The predicted molar refractivity (Wildman–Crippen MR) is 164 cm³/mol. The van der Waals surface area contributed by atoms with Crippen LogP contribution in [0, 0.1) is 0 Å². The molecule has 40 heavy (non-hydrogen) atoms. The number of unbranched alkanes of at least 4 members (excludes halogenated alkanes) is 3. The van der Waals surface area contributed by atoms with Gasteiger partial charge in [-0.05, 0) is 86.3 Å². The number of piperazine rings is 1. The van der Waals surface area contributed by atoms with Crippen LogP contribution in [0.4, 0.5) is 5.69 Å². The first-order valence-electron chi connectivity index (χ1n) is 14.2. The van der Waals surface area contributed by atoms with E-state index in [1.54, 1.807) is 0 Å². The minimum absolute atomic E-state index is 0.729. The van der Waals surface area contributed by atoms with E-state index >= 15 is 0 Å². The topological polar surface area (TPSA) is 99.1 Å². The Morgan fingerprint density at radius 1 is 0.775 bits per heavy atom. The van der Waals surface area contributed by atoms with Gasteiger partial charge in [0.25, 0.3) is 0 Å². The van der Waals surface area contributed by atoms with E-state index in [-0.39, 0.29) is 0 Å². The molecule has 2 aromatic heterocycles. The van der Waals surface area contributed by atoms with Crippen LogP contribution < -0.4 is 15.4 Å². The summed E-state index contributed by atoms with van der Waals surface area (Å²) in [6.07, 6.45) is 6.38. The maximum Gasteiger partial charge on any atom is 0.138 e. The second-order valence-corrected chi connectivity index (χ2v) is 10.4. The fraction of sp³-hybridized carbons (Fsp3) is 0.312. The molecular weight excluding hydrogens is 498 g/mol. The largest absolute Gasteiger partial charge is 0.494 e. The van der Waals surface area contributed by atoms with Crippen LogP contribution in [0.15, 0.2) is 73.4 Å². The Bertz CT molecular complexity index is 1580. The quantitative estimate of drug-likeness (QED) is 0.181. The molecule has 0 aliphatic carbocycles. The van der Waals surface area contributed by atoms with Gasteiger partial charge >= 0.3 is 0 Å². The molecule has 8 nitrogen and oxygen atoms in total. The number of imidazole rings is 2. The Kier molecular flexibility index (Phi) is 7.68. The number of nitrogens with zero attached hydrogens (tertiary/aromatic N) is 4. The minimum Gasteiger partial charge on any atom is -0.494 e. The lowest BCUT2D eigenvalue weighted by atomic mass is 10.2. The lowest BCUT2D eigenvalue weighted by Crippen LogP contribution is -2.43. The second-order valence-electron chi connectivity index (χ2n) is 10.4. The van der Waals surface area contributed by atoms with Crippen LogP contribution in [-0.2, 0) is 0 Å². The summed E-state index contributed by atoms with van der Waals surface area (Å²) in [6, 6.07) is 20.8. The van der Waals surface area contributed by atoms with Crippen molar-refractivity contribution in [2.24, 2.45) is 5.73 Å². The van der Waals surface area contributed by atoms with Crippen molar-refractivity contribution in [2.75, 3.05) is 44.2 Å². The summed E-state index contributed by atoms with van der Waals surface area (Å²) in [4.78, 5) is 21.4. The number of rotatable bonds is 11. The Labute approximate surface area is 234 Å². The van der Waals surface area contributed by atoms with Crippen molar-refractivity contribution in [3.05, 3.63) is 73.4 Å². The summed E-state index contributed by atoms with van der Waals surface area (Å²) >= 11 is 0. The van der Waals surface area contributed by atoms with Crippen molar-refractivity contribution in [3.8, 4) is 28.5 Å². The van der Waals surface area contributed by atoms with Crippen LogP contribution in [0.1, 0.15) is 25.7 Å². The first-order valence-corrected chi connectivity index (χ1v) is 14.2. The number of aromatic amines is 2. The van der Waals surface area contributed by atoms with Gasteiger partial charge in [0.15, 0.2) is 0 Å². The number of H-pyrrole nitrogens is 2. The average molecular weight is 536 g/mol. The summed E-state index contributed by atoms with van der Waals surface area (Å²) in [5, 5.41) is 0. The Hall–Kier alpha value is -4.30. The monoisotopic (exact) mass is 535 g/mol. The molecule has 0 amide bonds. The van der Waals surface area contributed by atoms with Gasteiger partial charge in [0.1, 0.15) is 17.4 Å². The van der Waals surface area contributed by atoms with Gasteiger partial charge in [-0.15, -0.1) is 0 Å². The normalized spacial score (nSPS) is 13.8. The summed E-state index contributed by atoms with van der Waals surface area (Å²) < 4.78 is 5.90. The Balaban J connectivity index is 1.14. The zero-order valence-electron chi connectivity index (χ0n) is 22.9. The highest BCUT2D eigenvalue weighted by Crippen LogP contribution is 2.29. The molecule has 0 atom stereocenters. The van der Waals surface area contributed by atoms with Crippen molar-refractivity contribution in [3.63, 3.8) is 0 Å². The van der Waals surface area contributed by atoms with Crippen molar-refractivity contribution in [1.82, 2.24) is 24.8 Å². The standard InChI is InChI=1S/C32H37N7O/c1-2-38-16-18-39(19-17-38)25-10-14-28-30(22-25)37-32(35-28)24-9-13-27-29(21-24)36-31(34-27)23-7-11-26(12-8-23)40-20-6-4-3-5-15-33/h2,7-14,21-22H,1,3-6,15-20,33H2,(H,34,36)(H,35,37). The summed E-state index contributed by atoms with van der Waals surface area (Å²) in [6.45, 7) is 9.36. The molecule has 0 unspecified atom stereocenters. The fourth-order valence-corrected chi connectivity index (χ4v) is 5.29. The van der Waals surface area contributed by atoms with Gasteiger partial charge in [0.05, 0.1) is 28.7 Å².